The third-order valence-corrected chi connectivity index (χ3v) is 4.49. The van der Waals surface area contributed by atoms with E-state index in [1.807, 2.05) is 30.3 Å². The molecule has 7 nitrogen and oxygen atoms in total. The number of methoxy groups -OCH3 is 1. The summed E-state index contributed by atoms with van der Waals surface area (Å²) in [6.45, 7) is 1.88. The number of carbonyl (C=O) groups excluding carboxylic acids is 1. The molecule has 1 unspecified atom stereocenters. The number of ether oxygens (including phenoxy) is 2. The van der Waals surface area contributed by atoms with Gasteiger partial charge in [0.2, 0.25) is 11.7 Å². The molecule has 0 bridgehead atoms. The van der Waals surface area contributed by atoms with E-state index >= 15 is 0 Å². The first-order chi connectivity index (χ1) is 13.5. The molecule has 0 spiro atoms. The Morgan fingerprint density at radius 1 is 1.21 bits per heavy atom. The Balaban J connectivity index is 1.62. The second-order valence-corrected chi connectivity index (χ2v) is 7.07. The van der Waals surface area contributed by atoms with Gasteiger partial charge in [-0.2, -0.15) is 4.98 Å². The largest absolute Gasteiger partial charge is 0.497 e. The maximum Gasteiger partial charge on any atom is 0.263 e. The second kappa shape index (κ2) is 8.88. The van der Waals surface area contributed by atoms with Crippen LogP contribution in [0.3, 0.4) is 0 Å². The van der Waals surface area contributed by atoms with Gasteiger partial charge in [-0.1, -0.05) is 39.3 Å². The van der Waals surface area contributed by atoms with Crippen LogP contribution in [-0.2, 0) is 11.3 Å². The molecule has 146 valence electrons. The number of carbonyl (C=O) groups is 1. The van der Waals surface area contributed by atoms with Crippen molar-refractivity contribution in [3.8, 4) is 22.9 Å². The number of hydrogen-bond acceptors (Lipinski definition) is 6. The predicted octanol–water partition coefficient (Wildman–Crippen LogP) is 3.93. The third-order valence-electron chi connectivity index (χ3n) is 4.00. The Kier molecular flexibility index (Phi) is 6.30. The zero-order chi connectivity index (χ0) is 20.1. The van der Waals surface area contributed by atoms with Crippen LogP contribution in [0.25, 0.3) is 11.4 Å². The molecule has 1 amide bonds. The van der Waals surface area contributed by atoms with E-state index in [0.29, 0.717) is 23.2 Å². The normalized spacial score (nSPS) is 11.7. The van der Waals surface area contributed by atoms with Crippen molar-refractivity contribution in [2.45, 2.75) is 19.6 Å². The van der Waals surface area contributed by atoms with Crippen molar-refractivity contribution in [1.82, 2.24) is 15.0 Å². The van der Waals surface area contributed by atoms with Crippen LogP contribution in [-0.4, -0.2) is 41.2 Å². The maximum atomic E-state index is 12.6. The molecule has 0 aliphatic heterocycles. The Morgan fingerprint density at radius 3 is 2.71 bits per heavy atom. The van der Waals surface area contributed by atoms with Crippen molar-refractivity contribution in [3.05, 3.63) is 58.9 Å². The number of hydrogen-bond donors (Lipinski definition) is 0. The summed E-state index contributed by atoms with van der Waals surface area (Å²) >= 11 is 3.42. The van der Waals surface area contributed by atoms with Crippen molar-refractivity contribution >= 4 is 21.8 Å². The highest BCUT2D eigenvalue weighted by atomic mass is 79.9. The second-order valence-electron chi connectivity index (χ2n) is 6.16. The van der Waals surface area contributed by atoms with Gasteiger partial charge in [0.05, 0.1) is 13.7 Å². The lowest BCUT2D eigenvalue weighted by atomic mass is 10.2. The maximum absolute atomic E-state index is 12.6. The smallest absolute Gasteiger partial charge is 0.263 e. The quantitative estimate of drug-likeness (QED) is 0.548. The highest BCUT2D eigenvalue weighted by Crippen LogP contribution is 2.22. The van der Waals surface area contributed by atoms with Crippen LogP contribution >= 0.6 is 15.9 Å². The molecule has 0 saturated carbocycles. The van der Waals surface area contributed by atoms with Crippen LogP contribution < -0.4 is 9.47 Å². The Hall–Kier alpha value is -2.87. The molecule has 3 rings (SSSR count). The minimum absolute atomic E-state index is 0.186. The molecule has 1 atom stereocenters. The van der Waals surface area contributed by atoms with E-state index in [1.54, 1.807) is 39.3 Å². The predicted molar refractivity (Wildman–Crippen MR) is 107 cm³/mol. The van der Waals surface area contributed by atoms with Gasteiger partial charge in [-0.25, -0.2) is 0 Å². The van der Waals surface area contributed by atoms with Crippen LogP contribution in [0, 0.1) is 0 Å². The van der Waals surface area contributed by atoms with E-state index in [9.17, 15) is 4.79 Å². The minimum atomic E-state index is -0.676. The topological polar surface area (TPSA) is 77.7 Å². The summed E-state index contributed by atoms with van der Waals surface area (Å²) in [5.41, 5.74) is 0.827. The first-order valence-corrected chi connectivity index (χ1v) is 9.40. The fourth-order valence-electron chi connectivity index (χ4n) is 2.58. The molecule has 28 heavy (non-hydrogen) atoms. The number of nitrogens with zero attached hydrogens (tertiary/aromatic N) is 3. The molecule has 0 fully saturated rings. The lowest BCUT2D eigenvalue weighted by Gasteiger charge is -2.20. The average Bonchev–Trinajstić information content (AvgIpc) is 3.16. The first kappa shape index (κ1) is 19.9. The Morgan fingerprint density at radius 2 is 1.96 bits per heavy atom. The zero-order valence-electron chi connectivity index (χ0n) is 15.8. The molecule has 1 aromatic heterocycles. The molecular formula is C20H20BrN3O4. The van der Waals surface area contributed by atoms with Crippen LogP contribution in [0.4, 0.5) is 0 Å². The van der Waals surface area contributed by atoms with E-state index in [1.165, 1.54) is 4.90 Å². The molecule has 0 aliphatic rings. The van der Waals surface area contributed by atoms with Gasteiger partial charge in [-0.15, -0.1) is 0 Å². The van der Waals surface area contributed by atoms with Crippen molar-refractivity contribution < 1.29 is 18.8 Å². The third kappa shape index (κ3) is 4.89. The Bertz CT molecular complexity index is 960. The number of benzene rings is 2. The van der Waals surface area contributed by atoms with E-state index < -0.39 is 6.10 Å². The molecule has 3 aromatic rings. The minimum Gasteiger partial charge on any atom is -0.497 e. The number of amides is 1. The lowest BCUT2D eigenvalue weighted by Crippen LogP contribution is -2.37. The molecule has 0 radical (unpaired) electrons. The monoisotopic (exact) mass is 445 g/mol. The van der Waals surface area contributed by atoms with Gasteiger partial charge in [0.1, 0.15) is 11.5 Å². The molecule has 8 heteroatoms. The number of rotatable bonds is 7. The van der Waals surface area contributed by atoms with E-state index in [2.05, 4.69) is 26.1 Å². The first-order valence-electron chi connectivity index (χ1n) is 8.60. The van der Waals surface area contributed by atoms with Gasteiger partial charge < -0.3 is 18.9 Å². The van der Waals surface area contributed by atoms with Crippen LogP contribution in [0.5, 0.6) is 11.5 Å². The molecule has 2 aromatic carbocycles. The summed E-state index contributed by atoms with van der Waals surface area (Å²) in [5.74, 6) is 1.84. The fourth-order valence-corrected chi connectivity index (χ4v) is 2.98. The molecule has 0 aliphatic carbocycles. The summed E-state index contributed by atoms with van der Waals surface area (Å²) in [6.07, 6.45) is -0.676. The van der Waals surface area contributed by atoms with Gasteiger partial charge in [0, 0.05) is 23.2 Å². The summed E-state index contributed by atoms with van der Waals surface area (Å²) in [4.78, 5) is 18.5. The zero-order valence-corrected chi connectivity index (χ0v) is 17.3. The summed E-state index contributed by atoms with van der Waals surface area (Å²) in [5, 5.41) is 3.98. The van der Waals surface area contributed by atoms with Crippen molar-refractivity contribution in [2.24, 2.45) is 0 Å². The van der Waals surface area contributed by atoms with Gasteiger partial charge >= 0.3 is 0 Å². The number of halogens is 1. The summed E-state index contributed by atoms with van der Waals surface area (Å²) < 4.78 is 17.1. The SMILES string of the molecule is COc1cccc(OC(C)C(=O)N(C)Cc2nc(-c3cccc(Br)c3)no2)c1. The summed E-state index contributed by atoms with van der Waals surface area (Å²) in [7, 11) is 3.24. The van der Waals surface area contributed by atoms with E-state index in [-0.39, 0.29) is 12.5 Å². The number of likely N-dealkylation sites (N-methyl/N-ethyl adjacent to an activating group) is 1. The van der Waals surface area contributed by atoms with E-state index in [0.717, 1.165) is 10.0 Å². The molecular weight excluding hydrogens is 426 g/mol. The van der Waals surface area contributed by atoms with Crippen LogP contribution in [0.1, 0.15) is 12.8 Å². The average molecular weight is 446 g/mol. The lowest BCUT2D eigenvalue weighted by molar-refractivity contribution is -0.137. The van der Waals surface area contributed by atoms with Gasteiger partial charge in [-0.3, -0.25) is 4.79 Å². The molecule has 0 N–H and O–H groups in total. The standard InChI is InChI=1S/C20H20BrN3O4/c1-13(27-17-9-5-8-16(11-17)26-3)20(25)24(2)12-18-22-19(23-28-18)14-6-4-7-15(21)10-14/h4-11,13H,12H2,1-3H3. The highest BCUT2D eigenvalue weighted by molar-refractivity contribution is 9.10. The van der Waals surface area contributed by atoms with Gasteiger partial charge in [0.25, 0.3) is 5.91 Å². The van der Waals surface area contributed by atoms with Crippen LogP contribution in [0.15, 0.2) is 57.5 Å². The van der Waals surface area contributed by atoms with E-state index in [4.69, 9.17) is 14.0 Å². The molecule has 1 heterocycles. The van der Waals surface area contributed by atoms with Crippen molar-refractivity contribution in [2.75, 3.05) is 14.2 Å². The van der Waals surface area contributed by atoms with Crippen molar-refractivity contribution in [1.29, 1.82) is 0 Å². The van der Waals surface area contributed by atoms with Gasteiger partial charge in [0.15, 0.2) is 6.10 Å². The summed E-state index contributed by atoms with van der Waals surface area (Å²) in [6, 6.07) is 14.7. The fraction of sp³-hybridized carbons (Fsp3) is 0.250. The van der Waals surface area contributed by atoms with Gasteiger partial charge in [-0.05, 0) is 31.2 Å². The van der Waals surface area contributed by atoms with Crippen LogP contribution in [0.2, 0.25) is 0 Å². The van der Waals surface area contributed by atoms with Crippen molar-refractivity contribution in [3.63, 3.8) is 0 Å². The Labute approximate surface area is 171 Å². The highest BCUT2D eigenvalue weighted by Gasteiger charge is 2.21. The number of aromatic nitrogens is 2. The molecule has 0 saturated heterocycles.